The van der Waals surface area contributed by atoms with Gasteiger partial charge in [0.2, 0.25) is 5.91 Å². The molecule has 0 aromatic heterocycles. The number of hydrogen-bond acceptors (Lipinski definition) is 5. The highest BCUT2D eigenvalue weighted by atomic mass is 16.5. The lowest BCUT2D eigenvalue weighted by Gasteiger charge is -2.19. The van der Waals surface area contributed by atoms with Crippen LogP contribution in [0.3, 0.4) is 0 Å². The van der Waals surface area contributed by atoms with Crippen molar-refractivity contribution in [2.24, 2.45) is 5.73 Å². The zero-order valence-corrected chi connectivity index (χ0v) is 13.3. The predicted octanol–water partition coefficient (Wildman–Crippen LogP) is 1.11. The molecule has 0 saturated carbocycles. The summed E-state index contributed by atoms with van der Waals surface area (Å²) in [5.41, 5.74) is 5.71. The number of nitrogens with one attached hydrogen (secondary N) is 1. The molecule has 0 aliphatic rings. The fourth-order valence-corrected chi connectivity index (χ4v) is 1.85. The average molecular weight is 296 g/mol. The van der Waals surface area contributed by atoms with Crippen molar-refractivity contribution < 1.29 is 19.0 Å². The van der Waals surface area contributed by atoms with Gasteiger partial charge < -0.3 is 25.3 Å². The molecular formula is C15H24N2O4. The van der Waals surface area contributed by atoms with Crippen molar-refractivity contribution in [2.45, 2.75) is 25.8 Å². The molecule has 0 aliphatic heterocycles. The first-order valence-electron chi connectivity index (χ1n) is 6.69. The molecule has 0 aliphatic carbocycles. The second-order valence-electron chi connectivity index (χ2n) is 5.24. The summed E-state index contributed by atoms with van der Waals surface area (Å²) in [5.74, 6) is 1.77. The van der Waals surface area contributed by atoms with E-state index in [-0.39, 0.29) is 5.91 Å². The molecule has 0 radical (unpaired) electrons. The highest BCUT2D eigenvalue weighted by Crippen LogP contribution is 2.34. The van der Waals surface area contributed by atoms with Crippen molar-refractivity contribution in [3.8, 4) is 17.2 Å². The first-order valence-corrected chi connectivity index (χ1v) is 6.69. The number of methoxy groups -OCH3 is 3. The average Bonchev–Trinajstić information content (AvgIpc) is 2.45. The Bertz CT molecular complexity index is 470. The van der Waals surface area contributed by atoms with Gasteiger partial charge in [-0.05, 0) is 20.3 Å². The Hall–Kier alpha value is -1.95. The van der Waals surface area contributed by atoms with E-state index in [1.165, 1.54) is 0 Å². The lowest BCUT2D eigenvalue weighted by Crippen LogP contribution is -2.49. The molecule has 0 saturated heterocycles. The Kier molecular flexibility index (Phi) is 5.84. The van der Waals surface area contributed by atoms with Gasteiger partial charge in [0.1, 0.15) is 17.2 Å². The molecule has 0 bridgehead atoms. The van der Waals surface area contributed by atoms with Gasteiger partial charge in [-0.1, -0.05) is 0 Å². The first-order chi connectivity index (χ1) is 9.83. The SMILES string of the molecule is COc1cc(OC)c(CCNC(=O)C(C)(C)N)c(OC)c1. The minimum absolute atomic E-state index is 0.200. The summed E-state index contributed by atoms with van der Waals surface area (Å²) in [6.07, 6.45) is 0.568. The van der Waals surface area contributed by atoms with Crippen molar-refractivity contribution in [3.05, 3.63) is 17.7 Å². The van der Waals surface area contributed by atoms with Crippen LogP contribution < -0.4 is 25.3 Å². The minimum Gasteiger partial charge on any atom is -0.496 e. The summed E-state index contributed by atoms with van der Waals surface area (Å²) in [4.78, 5) is 11.7. The van der Waals surface area contributed by atoms with Gasteiger partial charge in [-0.2, -0.15) is 0 Å². The summed E-state index contributed by atoms with van der Waals surface area (Å²) in [6, 6.07) is 3.57. The van der Waals surface area contributed by atoms with Gasteiger partial charge in [0.25, 0.3) is 0 Å². The molecule has 3 N–H and O–H groups in total. The van der Waals surface area contributed by atoms with Gasteiger partial charge in [-0.25, -0.2) is 0 Å². The van der Waals surface area contributed by atoms with Crippen molar-refractivity contribution in [1.82, 2.24) is 5.32 Å². The van der Waals surface area contributed by atoms with Crippen LogP contribution in [0, 0.1) is 0 Å². The van der Waals surface area contributed by atoms with Crippen molar-refractivity contribution in [3.63, 3.8) is 0 Å². The second kappa shape index (κ2) is 7.17. The number of ether oxygens (including phenoxy) is 3. The molecule has 118 valence electrons. The summed E-state index contributed by atoms with van der Waals surface area (Å²) in [5, 5.41) is 2.80. The van der Waals surface area contributed by atoms with Crippen molar-refractivity contribution in [1.29, 1.82) is 0 Å². The highest BCUT2D eigenvalue weighted by molar-refractivity contribution is 5.85. The van der Waals surface area contributed by atoms with Crippen LogP contribution in [0.25, 0.3) is 0 Å². The maximum Gasteiger partial charge on any atom is 0.239 e. The number of benzene rings is 1. The zero-order valence-electron chi connectivity index (χ0n) is 13.3. The molecule has 1 aromatic carbocycles. The van der Waals surface area contributed by atoms with Crippen LogP contribution in [0.5, 0.6) is 17.2 Å². The van der Waals surface area contributed by atoms with Crippen LogP contribution in [0.2, 0.25) is 0 Å². The number of carbonyl (C=O) groups is 1. The predicted molar refractivity (Wildman–Crippen MR) is 81.1 cm³/mol. The Morgan fingerprint density at radius 2 is 1.67 bits per heavy atom. The van der Waals surface area contributed by atoms with E-state index in [0.29, 0.717) is 30.2 Å². The molecule has 1 amide bonds. The fourth-order valence-electron chi connectivity index (χ4n) is 1.85. The molecule has 0 fully saturated rings. The lowest BCUT2D eigenvalue weighted by atomic mass is 10.1. The van der Waals surface area contributed by atoms with Crippen molar-refractivity contribution in [2.75, 3.05) is 27.9 Å². The van der Waals surface area contributed by atoms with E-state index in [0.717, 1.165) is 5.56 Å². The summed E-state index contributed by atoms with van der Waals surface area (Å²) >= 11 is 0. The maximum absolute atomic E-state index is 11.7. The zero-order chi connectivity index (χ0) is 16.0. The van der Waals surface area contributed by atoms with Gasteiger partial charge >= 0.3 is 0 Å². The number of hydrogen-bond donors (Lipinski definition) is 2. The van der Waals surface area contributed by atoms with Gasteiger partial charge in [0.15, 0.2) is 0 Å². The van der Waals surface area contributed by atoms with E-state index in [1.807, 2.05) is 0 Å². The van der Waals surface area contributed by atoms with Crippen LogP contribution >= 0.6 is 0 Å². The first kappa shape index (κ1) is 17.1. The summed E-state index contributed by atoms with van der Waals surface area (Å²) in [7, 11) is 4.75. The molecular weight excluding hydrogens is 272 g/mol. The summed E-state index contributed by atoms with van der Waals surface area (Å²) < 4.78 is 15.9. The van der Waals surface area contributed by atoms with E-state index >= 15 is 0 Å². The molecule has 0 atom stereocenters. The van der Waals surface area contributed by atoms with E-state index in [2.05, 4.69) is 5.32 Å². The Balaban J connectivity index is 2.85. The monoisotopic (exact) mass is 296 g/mol. The van der Waals surface area contributed by atoms with Crippen molar-refractivity contribution >= 4 is 5.91 Å². The molecule has 6 nitrogen and oxygen atoms in total. The highest BCUT2D eigenvalue weighted by Gasteiger charge is 2.21. The minimum atomic E-state index is -0.895. The van der Waals surface area contributed by atoms with E-state index in [4.69, 9.17) is 19.9 Å². The number of rotatable bonds is 7. The third-order valence-electron chi connectivity index (χ3n) is 3.06. The standard InChI is InChI=1S/C15H24N2O4/c1-15(2,16)14(18)17-7-6-11-12(20-4)8-10(19-3)9-13(11)21-5/h8-9H,6-7,16H2,1-5H3,(H,17,18). The van der Waals surface area contributed by atoms with Crippen LogP contribution in [-0.2, 0) is 11.2 Å². The third-order valence-corrected chi connectivity index (χ3v) is 3.06. The lowest BCUT2D eigenvalue weighted by molar-refractivity contribution is -0.125. The molecule has 1 aromatic rings. The maximum atomic E-state index is 11.7. The van der Waals surface area contributed by atoms with Gasteiger partial charge in [0, 0.05) is 24.2 Å². The van der Waals surface area contributed by atoms with E-state index < -0.39 is 5.54 Å². The number of amides is 1. The number of nitrogens with two attached hydrogens (primary N) is 1. The largest absolute Gasteiger partial charge is 0.496 e. The molecule has 21 heavy (non-hydrogen) atoms. The molecule has 0 heterocycles. The van der Waals surface area contributed by atoms with Crippen LogP contribution in [0.4, 0.5) is 0 Å². The van der Waals surface area contributed by atoms with Gasteiger partial charge in [-0.15, -0.1) is 0 Å². The topological polar surface area (TPSA) is 82.8 Å². The quantitative estimate of drug-likeness (QED) is 0.787. The molecule has 1 rings (SSSR count). The normalized spacial score (nSPS) is 11.0. The molecule has 6 heteroatoms. The van der Waals surface area contributed by atoms with E-state index in [9.17, 15) is 4.79 Å². The van der Waals surface area contributed by atoms with Crippen LogP contribution in [0.15, 0.2) is 12.1 Å². The van der Waals surface area contributed by atoms with Crippen LogP contribution in [0.1, 0.15) is 19.4 Å². The molecule has 0 unspecified atom stereocenters. The smallest absolute Gasteiger partial charge is 0.239 e. The third kappa shape index (κ3) is 4.53. The molecule has 0 spiro atoms. The fraction of sp³-hybridized carbons (Fsp3) is 0.533. The van der Waals surface area contributed by atoms with E-state index in [1.54, 1.807) is 47.3 Å². The Morgan fingerprint density at radius 3 is 2.05 bits per heavy atom. The number of carbonyl (C=O) groups excluding carboxylic acids is 1. The van der Waals surface area contributed by atoms with Crippen LogP contribution in [-0.4, -0.2) is 39.3 Å². The summed E-state index contributed by atoms with van der Waals surface area (Å²) in [6.45, 7) is 3.77. The van der Waals surface area contributed by atoms with Gasteiger partial charge in [-0.3, -0.25) is 4.79 Å². The Morgan fingerprint density at radius 1 is 1.14 bits per heavy atom. The van der Waals surface area contributed by atoms with Gasteiger partial charge in [0.05, 0.1) is 26.9 Å². The second-order valence-corrected chi connectivity index (χ2v) is 5.24. The Labute approximate surface area is 125 Å².